The Morgan fingerprint density at radius 3 is 2.55 bits per heavy atom. The molecule has 0 aliphatic rings. The lowest BCUT2D eigenvalue weighted by molar-refractivity contribution is 0.0697. The summed E-state index contributed by atoms with van der Waals surface area (Å²) in [5.41, 5.74) is 0.382. The van der Waals surface area contributed by atoms with Crippen molar-refractivity contribution in [2.45, 2.75) is 51.0 Å². The van der Waals surface area contributed by atoms with E-state index in [0.29, 0.717) is 12.2 Å². The zero-order valence-electron chi connectivity index (χ0n) is 13.2. The van der Waals surface area contributed by atoms with Crippen LogP contribution in [0.2, 0.25) is 0 Å². The number of benzene rings is 1. The van der Waals surface area contributed by atoms with Crippen molar-refractivity contribution in [1.82, 2.24) is 4.72 Å². The van der Waals surface area contributed by atoms with Gasteiger partial charge in [0.05, 0.1) is 10.5 Å². The first-order valence-electron chi connectivity index (χ1n) is 7.45. The predicted octanol–water partition coefficient (Wildman–Crippen LogP) is 2.67. The molecule has 6 nitrogen and oxygen atoms in total. The highest BCUT2D eigenvalue weighted by atomic mass is 32.2. The largest absolute Gasteiger partial charge is 0.478 e. The van der Waals surface area contributed by atoms with E-state index in [1.807, 2.05) is 20.8 Å². The molecule has 1 atom stereocenters. The molecular weight excluding hydrogens is 304 g/mol. The van der Waals surface area contributed by atoms with E-state index in [1.165, 1.54) is 18.2 Å². The van der Waals surface area contributed by atoms with Crippen molar-refractivity contribution in [1.29, 1.82) is 0 Å². The number of carbonyl (C=O) groups is 1. The summed E-state index contributed by atoms with van der Waals surface area (Å²) >= 11 is 0. The van der Waals surface area contributed by atoms with Gasteiger partial charge < -0.3 is 10.4 Å². The van der Waals surface area contributed by atoms with Crippen LogP contribution in [-0.4, -0.2) is 32.1 Å². The molecular formula is C15H24N2O4S. The Bertz CT molecular complexity index is 614. The second kappa shape index (κ2) is 8.14. The zero-order valence-corrected chi connectivity index (χ0v) is 14.0. The van der Waals surface area contributed by atoms with Gasteiger partial charge in [0.1, 0.15) is 0 Å². The van der Waals surface area contributed by atoms with Crippen LogP contribution in [0.4, 0.5) is 5.69 Å². The summed E-state index contributed by atoms with van der Waals surface area (Å²) < 4.78 is 26.8. The van der Waals surface area contributed by atoms with E-state index >= 15 is 0 Å². The summed E-state index contributed by atoms with van der Waals surface area (Å²) in [4.78, 5) is 11.3. The monoisotopic (exact) mass is 328 g/mol. The minimum Gasteiger partial charge on any atom is -0.478 e. The Morgan fingerprint density at radius 1 is 1.32 bits per heavy atom. The van der Waals surface area contributed by atoms with Crippen LogP contribution in [-0.2, 0) is 10.0 Å². The molecule has 0 saturated carbocycles. The van der Waals surface area contributed by atoms with Crippen LogP contribution in [0, 0.1) is 0 Å². The van der Waals surface area contributed by atoms with Crippen molar-refractivity contribution >= 4 is 21.7 Å². The van der Waals surface area contributed by atoms with Gasteiger partial charge in [-0.1, -0.05) is 20.3 Å². The Balaban J connectivity index is 3.09. The SMILES string of the molecule is CCCCNS(=O)(=O)c1ccc(N[C@H](C)CC)c(C(=O)O)c1. The molecule has 0 saturated heterocycles. The summed E-state index contributed by atoms with van der Waals surface area (Å²) in [6, 6.07) is 4.22. The number of anilines is 1. The fourth-order valence-electron chi connectivity index (χ4n) is 1.83. The molecule has 3 N–H and O–H groups in total. The minimum absolute atomic E-state index is 0.0318. The maximum Gasteiger partial charge on any atom is 0.337 e. The van der Waals surface area contributed by atoms with E-state index in [-0.39, 0.29) is 16.5 Å². The van der Waals surface area contributed by atoms with E-state index in [9.17, 15) is 18.3 Å². The van der Waals surface area contributed by atoms with Crippen LogP contribution in [0.1, 0.15) is 50.4 Å². The van der Waals surface area contributed by atoms with Gasteiger partial charge >= 0.3 is 5.97 Å². The predicted molar refractivity (Wildman–Crippen MR) is 86.9 cm³/mol. The van der Waals surface area contributed by atoms with Crippen LogP contribution in [0.15, 0.2) is 23.1 Å². The van der Waals surface area contributed by atoms with Crippen LogP contribution < -0.4 is 10.0 Å². The smallest absolute Gasteiger partial charge is 0.337 e. The van der Waals surface area contributed by atoms with Crippen LogP contribution in [0.5, 0.6) is 0 Å². The topological polar surface area (TPSA) is 95.5 Å². The third kappa shape index (κ3) is 4.99. The van der Waals surface area contributed by atoms with Gasteiger partial charge in [-0.15, -0.1) is 0 Å². The first kappa shape index (κ1) is 18.4. The quantitative estimate of drug-likeness (QED) is 0.606. The number of aromatic carboxylic acids is 1. The molecule has 1 aromatic rings. The number of unbranched alkanes of at least 4 members (excludes halogenated alkanes) is 1. The summed E-state index contributed by atoms with van der Waals surface area (Å²) in [6.07, 6.45) is 2.44. The van der Waals surface area contributed by atoms with Crippen molar-refractivity contribution in [3.05, 3.63) is 23.8 Å². The molecule has 0 aliphatic heterocycles. The van der Waals surface area contributed by atoms with E-state index < -0.39 is 16.0 Å². The van der Waals surface area contributed by atoms with Crippen molar-refractivity contribution in [3.63, 3.8) is 0 Å². The zero-order chi connectivity index (χ0) is 16.8. The summed E-state index contributed by atoms with van der Waals surface area (Å²) in [7, 11) is -3.68. The lowest BCUT2D eigenvalue weighted by Crippen LogP contribution is -2.25. The number of rotatable bonds is 9. The Labute approximate surface area is 132 Å². The number of hydrogen-bond donors (Lipinski definition) is 3. The van der Waals surface area contributed by atoms with Crippen molar-refractivity contribution in [2.24, 2.45) is 0 Å². The van der Waals surface area contributed by atoms with E-state index in [2.05, 4.69) is 10.0 Å². The van der Waals surface area contributed by atoms with Crippen LogP contribution in [0.25, 0.3) is 0 Å². The van der Waals surface area contributed by atoms with Gasteiger partial charge in [-0.05, 0) is 38.0 Å². The third-order valence-corrected chi connectivity index (χ3v) is 4.83. The molecule has 124 valence electrons. The van der Waals surface area contributed by atoms with Gasteiger partial charge in [-0.25, -0.2) is 17.9 Å². The standard InChI is InChI=1S/C15H24N2O4S/c1-4-6-9-16-22(20,21)12-7-8-14(17-11(3)5-2)13(10-12)15(18)19/h7-8,10-11,16-17H,4-6,9H2,1-3H3,(H,18,19)/t11-/m1/s1. The lowest BCUT2D eigenvalue weighted by atomic mass is 10.1. The molecule has 0 fully saturated rings. The molecule has 1 aromatic carbocycles. The summed E-state index contributed by atoms with van der Waals surface area (Å²) in [6.45, 7) is 6.22. The minimum atomic E-state index is -3.68. The molecule has 0 amide bonds. The molecule has 22 heavy (non-hydrogen) atoms. The molecule has 0 radical (unpaired) electrons. The highest BCUT2D eigenvalue weighted by Crippen LogP contribution is 2.22. The summed E-state index contributed by atoms with van der Waals surface area (Å²) in [5.74, 6) is -1.16. The van der Waals surface area contributed by atoms with Crippen molar-refractivity contribution in [2.75, 3.05) is 11.9 Å². The number of carboxylic acids is 1. The molecule has 0 spiro atoms. The maximum absolute atomic E-state index is 12.1. The molecule has 0 aromatic heterocycles. The van der Waals surface area contributed by atoms with Gasteiger partial charge in [0.2, 0.25) is 10.0 Å². The third-order valence-electron chi connectivity index (χ3n) is 3.37. The van der Waals surface area contributed by atoms with Crippen LogP contribution >= 0.6 is 0 Å². The lowest BCUT2D eigenvalue weighted by Gasteiger charge is -2.16. The maximum atomic E-state index is 12.1. The fraction of sp³-hybridized carbons (Fsp3) is 0.533. The van der Waals surface area contributed by atoms with Crippen LogP contribution in [0.3, 0.4) is 0 Å². The van der Waals surface area contributed by atoms with Crippen molar-refractivity contribution < 1.29 is 18.3 Å². The van der Waals surface area contributed by atoms with Gasteiger partial charge in [0, 0.05) is 18.3 Å². The first-order valence-corrected chi connectivity index (χ1v) is 8.93. The summed E-state index contributed by atoms with van der Waals surface area (Å²) in [5, 5.41) is 12.4. The average molecular weight is 328 g/mol. The normalized spacial score (nSPS) is 12.9. The van der Waals surface area contributed by atoms with Gasteiger partial charge in [0.25, 0.3) is 0 Å². The van der Waals surface area contributed by atoms with Gasteiger partial charge in [-0.3, -0.25) is 0 Å². The average Bonchev–Trinajstić information content (AvgIpc) is 2.47. The van der Waals surface area contributed by atoms with Gasteiger partial charge in [-0.2, -0.15) is 0 Å². The Hall–Kier alpha value is -1.60. The van der Waals surface area contributed by atoms with E-state index in [0.717, 1.165) is 19.3 Å². The number of carboxylic acid groups (broad SMARTS) is 1. The molecule has 0 aliphatic carbocycles. The fourth-order valence-corrected chi connectivity index (χ4v) is 2.93. The Kier molecular flexibility index (Phi) is 6.83. The number of sulfonamides is 1. The highest BCUT2D eigenvalue weighted by Gasteiger charge is 2.19. The van der Waals surface area contributed by atoms with Gasteiger partial charge in [0.15, 0.2) is 0 Å². The second-order valence-electron chi connectivity index (χ2n) is 5.22. The van der Waals surface area contributed by atoms with Crippen molar-refractivity contribution in [3.8, 4) is 0 Å². The molecule has 0 unspecified atom stereocenters. The Morgan fingerprint density at radius 2 is 2.00 bits per heavy atom. The molecule has 0 bridgehead atoms. The molecule has 1 rings (SSSR count). The number of hydrogen-bond acceptors (Lipinski definition) is 4. The molecule has 0 heterocycles. The number of nitrogens with one attached hydrogen (secondary N) is 2. The molecule has 7 heteroatoms. The highest BCUT2D eigenvalue weighted by molar-refractivity contribution is 7.89. The first-order chi connectivity index (χ1) is 10.3. The second-order valence-corrected chi connectivity index (χ2v) is 6.98. The van der Waals surface area contributed by atoms with E-state index in [1.54, 1.807) is 0 Å². The van der Waals surface area contributed by atoms with E-state index in [4.69, 9.17) is 0 Å².